The second kappa shape index (κ2) is 6.51. The Morgan fingerprint density at radius 2 is 1.95 bits per heavy atom. The Balaban J connectivity index is 2.08. The largest absolute Gasteiger partial charge is 0.368 e. The van der Waals surface area contributed by atoms with Crippen LogP contribution in [-0.2, 0) is 16.0 Å². The molecule has 0 bridgehead atoms. The van der Waals surface area contributed by atoms with Gasteiger partial charge in [-0.25, -0.2) is 0 Å². The number of nitrogens with zero attached hydrogens (tertiary/aromatic N) is 1. The minimum Gasteiger partial charge on any atom is -0.368 e. The van der Waals surface area contributed by atoms with Crippen molar-refractivity contribution in [3.63, 3.8) is 0 Å². The molecule has 1 aliphatic rings. The van der Waals surface area contributed by atoms with Gasteiger partial charge in [-0.1, -0.05) is 24.6 Å². The molecule has 3 nitrogen and oxygen atoms in total. The van der Waals surface area contributed by atoms with E-state index in [4.69, 9.17) is 4.74 Å². The van der Waals surface area contributed by atoms with Gasteiger partial charge in [-0.3, -0.25) is 9.69 Å². The molecule has 0 amide bonds. The van der Waals surface area contributed by atoms with Crippen LogP contribution in [0.2, 0.25) is 0 Å². The quantitative estimate of drug-likeness (QED) is 0.845. The molecule has 1 saturated heterocycles. The number of rotatable bonds is 4. The van der Waals surface area contributed by atoms with Gasteiger partial charge < -0.3 is 4.74 Å². The van der Waals surface area contributed by atoms with Crippen LogP contribution in [-0.4, -0.2) is 43.0 Å². The Morgan fingerprint density at radius 1 is 1.30 bits per heavy atom. The molecule has 1 aliphatic heterocycles. The molecule has 0 aliphatic carbocycles. The topological polar surface area (TPSA) is 29.5 Å². The summed E-state index contributed by atoms with van der Waals surface area (Å²) < 4.78 is 5.66. The summed E-state index contributed by atoms with van der Waals surface area (Å²) in [5, 5.41) is 0. The van der Waals surface area contributed by atoms with E-state index in [1.165, 1.54) is 16.7 Å². The maximum atomic E-state index is 12.5. The van der Waals surface area contributed by atoms with Crippen LogP contribution in [0.15, 0.2) is 12.1 Å². The number of ketones is 1. The molecule has 0 aromatic heterocycles. The lowest BCUT2D eigenvalue weighted by Gasteiger charge is -2.31. The molecular formula is C17H25NO2. The van der Waals surface area contributed by atoms with Gasteiger partial charge in [0.2, 0.25) is 0 Å². The molecule has 20 heavy (non-hydrogen) atoms. The highest BCUT2D eigenvalue weighted by Gasteiger charge is 2.26. The third-order valence-electron chi connectivity index (χ3n) is 4.15. The third kappa shape index (κ3) is 3.47. The summed E-state index contributed by atoms with van der Waals surface area (Å²) in [5.74, 6) is 0.207. The fourth-order valence-corrected chi connectivity index (χ4v) is 2.96. The van der Waals surface area contributed by atoms with Gasteiger partial charge in [-0.15, -0.1) is 0 Å². The van der Waals surface area contributed by atoms with Crippen LogP contribution in [0.25, 0.3) is 0 Å². The average Bonchev–Trinajstić information content (AvgIpc) is 2.42. The first-order valence-corrected chi connectivity index (χ1v) is 7.44. The zero-order valence-corrected chi connectivity index (χ0v) is 13.0. The number of morpholine rings is 1. The van der Waals surface area contributed by atoms with Gasteiger partial charge in [0, 0.05) is 19.5 Å². The maximum Gasteiger partial charge on any atom is 0.167 e. The highest BCUT2D eigenvalue weighted by Crippen LogP contribution is 2.19. The third-order valence-corrected chi connectivity index (χ3v) is 4.15. The molecule has 1 fully saturated rings. The summed E-state index contributed by atoms with van der Waals surface area (Å²) in [6, 6.07) is 4.30. The summed E-state index contributed by atoms with van der Waals surface area (Å²) in [7, 11) is 0. The van der Waals surface area contributed by atoms with Gasteiger partial charge in [0.15, 0.2) is 5.78 Å². The van der Waals surface area contributed by atoms with Gasteiger partial charge in [0.25, 0.3) is 0 Å². The van der Waals surface area contributed by atoms with Crippen LogP contribution >= 0.6 is 0 Å². The van der Waals surface area contributed by atoms with E-state index in [-0.39, 0.29) is 11.9 Å². The summed E-state index contributed by atoms with van der Waals surface area (Å²) in [5.41, 5.74) is 4.83. The summed E-state index contributed by atoms with van der Waals surface area (Å²) in [4.78, 5) is 14.7. The zero-order valence-electron chi connectivity index (χ0n) is 13.0. The van der Waals surface area contributed by atoms with E-state index in [2.05, 4.69) is 44.7 Å². The van der Waals surface area contributed by atoms with E-state index >= 15 is 0 Å². The van der Waals surface area contributed by atoms with E-state index < -0.39 is 0 Å². The van der Waals surface area contributed by atoms with Crippen LogP contribution in [0, 0.1) is 20.8 Å². The first kappa shape index (κ1) is 15.2. The summed E-state index contributed by atoms with van der Waals surface area (Å²) >= 11 is 0. The molecule has 1 atom stereocenters. The number of ether oxygens (including phenoxy) is 1. The van der Waals surface area contributed by atoms with Crippen LogP contribution in [0.4, 0.5) is 0 Å². The van der Waals surface area contributed by atoms with Crippen LogP contribution < -0.4 is 0 Å². The number of carbonyl (C=O) groups excluding carboxylic acids is 1. The van der Waals surface area contributed by atoms with E-state index in [0.717, 1.165) is 25.2 Å². The standard InChI is InChI=1S/C17H25NO2/c1-5-18-6-7-20-17(11-18)16(19)10-15-13(3)8-12(2)9-14(15)4/h8-9,17H,5-7,10-11H2,1-4H3. The van der Waals surface area contributed by atoms with Crippen LogP contribution in [0.1, 0.15) is 29.2 Å². The van der Waals surface area contributed by atoms with Gasteiger partial charge in [0.05, 0.1) is 6.61 Å². The number of likely N-dealkylation sites (N-methyl/N-ethyl adjacent to an activating group) is 1. The van der Waals surface area contributed by atoms with Gasteiger partial charge in [0.1, 0.15) is 6.10 Å². The van der Waals surface area contributed by atoms with E-state index in [1.807, 2.05) is 0 Å². The lowest BCUT2D eigenvalue weighted by atomic mass is 9.94. The van der Waals surface area contributed by atoms with Crippen molar-refractivity contribution in [2.75, 3.05) is 26.2 Å². The lowest BCUT2D eigenvalue weighted by Crippen LogP contribution is -2.46. The van der Waals surface area contributed by atoms with E-state index in [0.29, 0.717) is 13.0 Å². The van der Waals surface area contributed by atoms with Crippen molar-refractivity contribution in [2.45, 2.75) is 40.2 Å². The molecule has 1 heterocycles. The number of aryl methyl sites for hydroxylation is 3. The minimum absolute atomic E-state index is 0.207. The number of Topliss-reactive ketones (excluding diaryl/α,β-unsaturated/α-hetero) is 1. The van der Waals surface area contributed by atoms with Crippen LogP contribution in [0.5, 0.6) is 0 Å². The number of carbonyl (C=O) groups is 1. The smallest absolute Gasteiger partial charge is 0.167 e. The summed E-state index contributed by atoms with van der Waals surface area (Å²) in [6.45, 7) is 11.7. The zero-order chi connectivity index (χ0) is 14.7. The van der Waals surface area contributed by atoms with E-state index in [1.54, 1.807) is 0 Å². The average molecular weight is 275 g/mol. The van der Waals surface area contributed by atoms with Crippen LogP contribution in [0.3, 0.4) is 0 Å². The van der Waals surface area contributed by atoms with E-state index in [9.17, 15) is 4.79 Å². The molecule has 110 valence electrons. The van der Waals surface area contributed by atoms with Crippen molar-refractivity contribution in [1.82, 2.24) is 4.90 Å². The van der Waals surface area contributed by atoms with Crippen molar-refractivity contribution < 1.29 is 9.53 Å². The molecule has 0 spiro atoms. The Bertz CT molecular complexity index is 473. The predicted molar refractivity (Wildman–Crippen MR) is 81.2 cm³/mol. The second-order valence-electron chi connectivity index (χ2n) is 5.77. The molecule has 1 aromatic carbocycles. The normalized spacial score (nSPS) is 20.1. The first-order chi connectivity index (χ1) is 9.51. The first-order valence-electron chi connectivity index (χ1n) is 7.44. The molecule has 0 saturated carbocycles. The Labute approximate surface area is 121 Å². The number of hydrogen-bond acceptors (Lipinski definition) is 3. The highest BCUT2D eigenvalue weighted by molar-refractivity contribution is 5.86. The minimum atomic E-state index is -0.260. The Hall–Kier alpha value is -1.19. The second-order valence-corrected chi connectivity index (χ2v) is 5.77. The molecule has 2 rings (SSSR count). The molecule has 3 heteroatoms. The lowest BCUT2D eigenvalue weighted by molar-refractivity contribution is -0.135. The molecular weight excluding hydrogens is 250 g/mol. The van der Waals surface area contributed by atoms with Gasteiger partial charge in [-0.2, -0.15) is 0 Å². The highest BCUT2D eigenvalue weighted by atomic mass is 16.5. The van der Waals surface area contributed by atoms with Gasteiger partial charge >= 0.3 is 0 Å². The Morgan fingerprint density at radius 3 is 2.55 bits per heavy atom. The fraction of sp³-hybridized carbons (Fsp3) is 0.588. The van der Waals surface area contributed by atoms with Crippen molar-refractivity contribution >= 4 is 5.78 Å². The van der Waals surface area contributed by atoms with Gasteiger partial charge in [-0.05, 0) is 44.0 Å². The summed E-state index contributed by atoms with van der Waals surface area (Å²) in [6.07, 6.45) is 0.226. The Kier molecular flexibility index (Phi) is 4.95. The monoisotopic (exact) mass is 275 g/mol. The van der Waals surface area contributed by atoms with Crippen molar-refractivity contribution in [3.05, 3.63) is 34.4 Å². The maximum absolute atomic E-state index is 12.5. The van der Waals surface area contributed by atoms with Crippen molar-refractivity contribution in [1.29, 1.82) is 0 Å². The number of hydrogen-bond donors (Lipinski definition) is 0. The molecule has 0 radical (unpaired) electrons. The van der Waals surface area contributed by atoms with Crippen molar-refractivity contribution in [2.24, 2.45) is 0 Å². The fourth-order valence-electron chi connectivity index (χ4n) is 2.96. The molecule has 1 unspecified atom stereocenters. The SMILES string of the molecule is CCN1CCOC(C(=O)Cc2c(C)cc(C)cc2C)C1. The molecule has 0 N–H and O–H groups in total. The van der Waals surface area contributed by atoms with Crippen molar-refractivity contribution in [3.8, 4) is 0 Å². The molecule has 1 aromatic rings. The predicted octanol–water partition coefficient (Wildman–Crippen LogP) is 2.44. The number of benzene rings is 1.